The summed E-state index contributed by atoms with van der Waals surface area (Å²) in [5.74, 6) is 2.94. The van der Waals surface area contributed by atoms with E-state index >= 15 is 0 Å². The highest BCUT2D eigenvalue weighted by Gasteiger charge is 2.29. The number of aliphatic imine (C=N–C) groups is 1. The zero-order chi connectivity index (χ0) is 19.0. The van der Waals surface area contributed by atoms with Crippen LogP contribution in [0.3, 0.4) is 0 Å². The van der Waals surface area contributed by atoms with Gasteiger partial charge in [-0.1, -0.05) is 18.2 Å². The molecule has 1 saturated heterocycles. The van der Waals surface area contributed by atoms with E-state index in [0.29, 0.717) is 17.9 Å². The molecule has 1 aliphatic rings. The molecule has 152 valence electrons. The van der Waals surface area contributed by atoms with Crippen LogP contribution in [0.5, 0.6) is 5.75 Å². The smallest absolute Gasteiger partial charge is 0.191 e. The number of nitrogens with zero attached hydrogens (tertiary/aromatic N) is 2. The predicted molar refractivity (Wildman–Crippen MR) is 129 cm³/mol. The quantitative estimate of drug-likeness (QED) is 0.331. The summed E-state index contributed by atoms with van der Waals surface area (Å²) in [6.45, 7) is 4.43. The summed E-state index contributed by atoms with van der Waals surface area (Å²) in [5, 5.41) is 6.85. The molecule has 1 aliphatic heterocycles. The minimum absolute atomic E-state index is 0. The Bertz CT molecular complexity index is 751. The van der Waals surface area contributed by atoms with Crippen molar-refractivity contribution in [2.45, 2.75) is 37.7 Å². The van der Waals surface area contributed by atoms with Crippen LogP contribution in [-0.2, 0) is 13.2 Å². The molecule has 0 bridgehead atoms. The largest absolute Gasteiger partial charge is 0.487 e. The average Bonchev–Trinajstić information content (AvgIpc) is 3.14. The highest BCUT2D eigenvalue weighted by atomic mass is 127. The number of hydrogen-bond donors (Lipinski definition) is 2. The summed E-state index contributed by atoms with van der Waals surface area (Å²) in [7, 11) is 1.81. The first-order chi connectivity index (χ1) is 13.2. The number of rotatable bonds is 7. The summed E-state index contributed by atoms with van der Waals surface area (Å²) in [4.78, 5) is 8.62. The van der Waals surface area contributed by atoms with E-state index in [1.807, 2.05) is 37.4 Å². The van der Waals surface area contributed by atoms with Crippen molar-refractivity contribution in [1.82, 2.24) is 15.6 Å². The molecular formula is C21H29IN4OS. The number of pyridine rings is 1. The minimum Gasteiger partial charge on any atom is -0.487 e. The first kappa shape index (κ1) is 22.8. The van der Waals surface area contributed by atoms with Gasteiger partial charge in [0.15, 0.2) is 5.96 Å². The predicted octanol–water partition coefficient (Wildman–Crippen LogP) is 4.23. The summed E-state index contributed by atoms with van der Waals surface area (Å²) >= 11 is 2.05. The second-order valence-corrected chi connectivity index (χ2v) is 8.62. The Labute approximate surface area is 189 Å². The molecule has 3 rings (SSSR count). The van der Waals surface area contributed by atoms with Gasteiger partial charge in [-0.15, -0.1) is 24.0 Å². The fourth-order valence-corrected chi connectivity index (χ4v) is 4.28. The number of aromatic nitrogens is 1. The third-order valence-corrected chi connectivity index (χ3v) is 6.16. The lowest BCUT2D eigenvalue weighted by molar-refractivity contribution is 0.301. The molecule has 0 radical (unpaired) electrons. The van der Waals surface area contributed by atoms with E-state index in [1.54, 1.807) is 6.20 Å². The van der Waals surface area contributed by atoms with Crippen molar-refractivity contribution in [3.05, 3.63) is 59.9 Å². The molecule has 0 amide bonds. The van der Waals surface area contributed by atoms with Crippen LogP contribution in [0, 0.1) is 0 Å². The van der Waals surface area contributed by atoms with Gasteiger partial charge < -0.3 is 15.4 Å². The number of ether oxygens (including phenoxy) is 1. The molecular weight excluding hydrogens is 483 g/mol. The molecule has 2 N–H and O–H groups in total. The number of guanidine groups is 1. The molecule has 1 atom stereocenters. The van der Waals surface area contributed by atoms with Gasteiger partial charge in [-0.2, -0.15) is 11.8 Å². The van der Waals surface area contributed by atoms with Gasteiger partial charge in [-0.3, -0.25) is 9.98 Å². The number of benzene rings is 1. The Morgan fingerprint density at radius 3 is 2.86 bits per heavy atom. The molecule has 2 heterocycles. The van der Waals surface area contributed by atoms with Crippen LogP contribution < -0.4 is 15.4 Å². The molecule has 0 saturated carbocycles. The lowest BCUT2D eigenvalue weighted by Gasteiger charge is -2.24. The van der Waals surface area contributed by atoms with Crippen LogP contribution in [0.1, 0.15) is 31.0 Å². The van der Waals surface area contributed by atoms with Crippen LogP contribution in [0.15, 0.2) is 53.7 Å². The molecule has 7 heteroatoms. The van der Waals surface area contributed by atoms with E-state index in [4.69, 9.17) is 4.74 Å². The molecule has 1 aromatic heterocycles. The van der Waals surface area contributed by atoms with Gasteiger partial charge in [0, 0.05) is 31.1 Å². The van der Waals surface area contributed by atoms with Gasteiger partial charge >= 0.3 is 0 Å². The SMILES string of the molecule is CN=C(NCc1cccc(OCc2ccccn2)c1)NCC1(C)CCCS1.I. The zero-order valence-electron chi connectivity index (χ0n) is 16.5. The first-order valence-corrected chi connectivity index (χ1v) is 10.4. The third-order valence-electron chi connectivity index (χ3n) is 4.63. The fraction of sp³-hybridized carbons (Fsp3) is 0.429. The van der Waals surface area contributed by atoms with Gasteiger partial charge in [0.05, 0.1) is 5.69 Å². The Kier molecular flexibility index (Phi) is 9.37. The maximum Gasteiger partial charge on any atom is 0.191 e. The fourth-order valence-electron chi connectivity index (χ4n) is 3.04. The van der Waals surface area contributed by atoms with Crippen molar-refractivity contribution in [2.24, 2.45) is 4.99 Å². The van der Waals surface area contributed by atoms with E-state index in [-0.39, 0.29) is 24.0 Å². The van der Waals surface area contributed by atoms with E-state index in [1.165, 1.54) is 18.6 Å². The average molecular weight is 512 g/mol. The molecule has 2 aromatic rings. The van der Waals surface area contributed by atoms with Gasteiger partial charge in [0.1, 0.15) is 12.4 Å². The molecule has 1 aromatic carbocycles. The van der Waals surface area contributed by atoms with Crippen molar-refractivity contribution in [3.63, 3.8) is 0 Å². The zero-order valence-corrected chi connectivity index (χ0v) is 19.6. The van der Waals surface area contributed by atoms with Gasteiger partial charge in [0.25, 0.3) is 0 Å². The van der Waals surface area contributed by atoms with Crippen LogP contribution >= 0.6 is 35.7 Å². The van der Waals surface area contributed by atoms with Gasteiger partial charge in [-0.25, -0.2) is 0 Å². The lowest BCUT2D eigenvalue weighted by Crippen LogP contribution is -2.43. The van der Waals surface area contributed by atoms with Crippen LogP contribution in [-0.4, -0.2) is 35.0 Å². The third kappa shape index (κ3) is 7.16. The van der Waals surface area contributed by atoms with Crippen molar-refractivity contribution < 1.29 is 4.74 Å². The van der Waals surface area contributed by atoms with E-state index < -0.39 is 0 Å². The molecule has 1 fully saturated rings. The van der Waals surface area contributed by atoms with E-state index in [9.17, 15) is 0 Å². The topological polar surface area (TPSA) is 58.5 Å². The Morgan fingerprint density at radius 1 is 1.25 bits per heavy atom. The van der Waals surface area contributed by atoms with Crippen LogP contribution in [0.2, 0.25) is 0 Å². The highest BCUT2D eigenvalue weighted by Crippen LogP contribution is 2.36. The number of hydrogen-bond acceptors (Lipinski definition) is 4. The second kappa shape index (κ2) is 11.5. The number of nitrogens with one attached hydrogen (secondary N) is 2. The number of thioether (sulfide) groups is 1. The Balaban J connectivity index is 0.00000280. The summed E-state index contributed by atoms with van der Waals surface area (Å²) in [6.07, 6.45) is 4.35. The normalized spacial score (nSPS) is 19.0. The van der Waals surface area contributed by atoms with E-state index in [0.717, 1.165) is 29.5 Å². The molecule has 0 aliphatic carbocycles. The maximum atomic E-state index is 5.86. The number of halogens is 1. The summed E-state index contributed by atoms with van der Waals surface area (Å²) in [6, 6.07) is 14.0. The first-order valence-electron chi connectivity index (χ1n) is 9.37. The van der Waals surface area contributed by atoms with Crippen LogP contribution in [0.4, 0.5) is 0 Å². The van der Waals surface area contributed by atoms with Gasteiger partial charge in [0.2, 0.25) is 0 Å². The maximum absolute atomic E-state index is 5.86. The monoisotopic (exact) mass is 512 g/mol. The van der Waals surface area contributed by atoms with Gasteiger partial charge in [-0.05, 0) is 55.3 Å². The van der Waals surface area contributed by atoms with Crippen molar-refractivity contribution in [2.75, 3.05) is 19.3 Å². The summed E-state index contributed by atoms with van der Waals surface area (Å²) < 4.78 is 6.17. The second-order valence-electron chi connectivity index (χ2n) is 6.94. The molecule has 1 unspecified atom stereocenters. The Hall–Kier alpha value is -1.48. The summed E-state index contributed by atoms with van der Waals surface area (Å²) in [5.41, 5.74) is 2.07. The Morgan fingerprint density at radius 2 is 2.14 bits per heavy atom. The van der Waals surface area contributed by atoms with Crippen molar-refractivity contribution >= 4 is 41.7 Å². The minimum atomic E-state index is 0. The lowest BCUT2D eigenvalue weighted by atomic mass is 10.1. The van der Waals surface area contributed by atoms with Crippen LogP contribution in [0.25, 0.3) is 0 Å². The standard InChI is InChI=1S/C21H28N4OS.HI/c1-21(10-6-12-27-21)16-25-20(22-2)24-14-17-7-5-9-19(13-17)26-15-18-8-3-4-11-23-18;/h3-5,7-9,11,13H,6,10,12,14-16H2,1-2H3,(H2,22,24,25);1H. The van der Waals surface area contributed by atoms with E-state index in [2.05, 4.69) is 51.4 Å². The van der Waals surface area contributed by atoms with Crippen molar-refractivity contribution in [1.29, 1.82) is 0 Å². The molecule has 0 spiro atoms. The molecule has 28 heavy (non-hydrogen) atoms. The highest BCUT2D eigenvalue weighted by molar-refractivity contribution is 14.0. The van der Waals surface area contributed by atoms with Crippen molar-refractivity contribution in [3.8, 4) is 5.75 Å². The molecule has 5 nitrogen and oxygen atoms in total.